The Morgan fingerprint density at radius 1 is 1.29 bits per heavy atom. The van der Waals surface area contributed by atoms with Gasteiger partial charge in [-0.2, -0.15) is 5.10 Å². The molecule has 86 valence electrons. The van der Waals surface area contributed by atoms with Crippen LogP contribution >= 0.6 is 0 Å². The topological polar surface area (TPSA) is 72.0 Å². The van der Waals surface area contributed by atoms with Gasteiger partial charge in [-0.3, -0.25) is 0 Å². The van der Waals surface area contributed by atoms with Gasteiger partial charge < -0.3 is 10.7 Å². The van der Waals surface area contributed by atoms with E-state index in [1.54, 1.807) is 0 Å². The summed E-state index contributed by atoms with van der Waals surface area (Å²) in [6.07, 6.45) is 4.49. The molecule has 5 nitrogen and oxygen atoms in total. The zero-order chi connectivity index (χ0) is 11.7. The maximum absolute atomic E-state index is 5.57. The molecule has 3 aromatic heterocycles. The van der Waals surface area contributed by atoms with E-state index < -0.39 is 0 Å². The van der Waals surface area contributed by atoms with Gasteiger partial charge in [0.25, 0.3) is 0 Å². The Balaban J connectivity index is 2.13. The Kier molecular flexibility index (Phi) is 2.38. The predicted octanol–water partition coefficient (Wildman–Crippen LogP) is 1.23. The van der Waals surface area contributed by atoms with Gasteiger partial charge in [0.2, 0.25) is 0 Å². The van der Waals surface area contributed by atoms with Crippen molar-refractivity contribution < 1.29 is 0 Å². The summed E-state index contributed by atoms with van der Waals surface area (Å²) in [4.78, 5) is 7.44. The zero-order valence-electron chi connectivity index (χ0n) is 9.30. The summed E-state index contributed by atoms with van der Waals surface area (Å²) in [5, 5.41) is 4.56. The van der Waals surface area contributed by atoms with E-state index in [1.807, 2.05) is 41.2 Å². The van der Waals surface area contributed by atoms with E-state index in [2.05, 4.69) is 15.1 Å². The molecule has 17 heavy (non-hydrogen) atoms. The number of rotatable bonds is 3. The Morgan fingerprint density at radius 3 is 3.00 bits per heavy atom. The Morgan fingerprint density at radius 2 is 2.24 bits per heavy atom. The molecule has 0 radical (unpaired) electrons. The van der Waals surface area contributed by atoms with Crippen molar-refractivity contribution >= 4 is 5.65 Å². The van der Waals surface area contributed by atoms with Gasteiger partial charge in [-0.05, 0) is 30.8 Å². The number of nitrogens with zero attached hydrogens (tertiary/aromatic N) is 3. The molecule has 0 aliphatic rings. The fraction of sp³-hybridized carbons (Fsp3) is 0.167. The lowest BCUT2D eigenvalue weighted by Crippen LogP contribution is -2.06. The molecule has 0 atom stereocenters. The van der Waals surface area contributed by atoms with Gasteiger partial charge in [0.05, 0.1) is 17.6 Å². The molecule has 3 N–H and O–H groups in total. The molecule has 0 bridgehead atoms. The van der Waals surface area contributed by atoms with E-state index in [-0.39, 0.29) is 0 Å². The molecule has 3 rings (SSSR count). The van der Waals surface area contributed by atoms with Crippen molar-refractivity contribution in [2.24, 2.45) is 5.73 Å². The second kappa shape index (κ2) is 4.03. The van der Waals surface area contributed by atoms with Crippen LogP contribution in [0.15, 0.2) is 36.7 Å². The molecule has 3 aromatic rings. The van der Waals surface area contributed by atoms with Crippen molar-refractivity contribution in [2.45, 2.75) is 6.42 Å². The quantitative estimate of drug-likeness (QED) is 0.706. The third-order valence-electron chi connectivity index (χ3n) is 2.71. The maximum Gasteiger partial charge on any atom is 0.153 e. The first-order valence-electron chi connectivity index (χ1n) is 5.56. The molecule has 0 amide bonds. The van der Waals surface area contributed by atoms with Crippen LogP contribution < -0.4 is 5.73 Å². The van der Waals surface area contributed by atoms with Crippen LogP contribution in [0.25, 0.3) is 17.0 Å². The normalized spacial score (nSPS) is 11.1. The highest BCUT2D eigenvalue weighted by atomic mass is 15.3. The Bertz CT molecular complexity index is 623. The van der Waals surface area contributed by atoms with E-state index in [1.165, 1.54) is 0 Å². The van der Waals surface area contributed by atoms with E-state index in [0.717, 1.165) is 29.1 Å². The molecule has 0 fully saturated rings. The van der Waals surface area contributed by atoms with Crippen molar-refractivity contribution in [3.8, 4) is 11.4 Å². The monoisotopic (exact) mass is 227 g/mol. The summed E-state index contributed by atoms with van der Waals surface area (Å²) in [6, 6.07) is 7.87. The largest absolute Gasteiger partial charge is 0.360 e. The molecule has 3 heterocycles. The number of nitrogens with two attached hydrogens (primary N) is 1. The van der Waals surface area contributed by atoms with Crippen LogP contribution in [0.2, 0.25) is 0 Å². The van der Waals surface area contributed by atoms with Crippen LogP contribution in [0.5, 0.6) is 0 Å². The van der Waals surface area contributed by atoms with Gasteiger partial charge in [0, 0.05) is 12.6 Å². The first-order chi connectivity index (χ1) is 8.38. The van der Waals surface area contributed by atoms with Crippen molar-refractivity contribution in [2.75, 3.05) is 6.54 Å². The fourth-order valence-electron chi connectivity index (χ4n) is 1.87. The van der Waals surface area contributed by atoms with E-state index in [4.69, 9.17) is 5.73 Å². The standard InChI is InChI=1S/C12H13N5/c13-6-5-9-8-15-12-4-3-11(16-17(9)12)10-2-1-7-14-10/h1-4,7-8,14H,5-6,13H2. The molecule has 0 saturated carbocycles. The number of nitrogens with one attached hydrogen (secondary N) is 1. The molecule has 0 unspecified atom stereocenters. The second-order valence-electron chi connectivity index (χ2n) is 3.86. The fourth-order valence-corrected chi connectivity index (χ4v) is 1.87. The molecule has 0 aliphatic heterocycles. The highest BCUT2D eigenvalue weighted by Crippen LogP contribution is 2.15. The van der Waals surface area contributed by atoms with Crippen LogP contribution in [-0.4, -0.2) is 26.1 Å². The third kappa shape index (κ3) is 1.70. The minimum absolute atomic E-state index is 0.599. The molecule has 0 saturated heterocycles. The zero-order valence-corrected chi connectivity index (χ0v) is 9.30. The van der Waals surface area contributed by atoms with E-state index in [9.17, 15) is 0 Å². The summed E-state index contributed by atoms with van der Waals surface area (Å²) in [7, 11) is 0. The van der Waals surface area contributed by atoms with Crippen LogP contribution in [-0.2, 0) is 6.42 Å². The highest BCUT2D eigenvalue weighted by molar-refractivity contribution is 5.56. The summed E-state index contributed by atoms with van der Waals surface area (Å²) in [5.41, 5.74) is 9.36. The van der Waals surface area contributed by atoms with Gasteiger partial charge in [-0.1, -0.05) is 0 Å². The van der Waals surface area contributed by atoms with E-state index >= 15 is 0 Å². The number of hydrogen-bond acceptors (Lipinski definition) is 3. The third-order valence-corrected chi connectivity index (χ3v) is 2.71. The summed E-state index contributed by atoms with van der Waals surface area (Å²) in [5.74, 6) is 0. The minimum Gasteiger partial charge on any atom is -0.360 e. The summed E-state index contributed by atoms with van der Waals surface area (Å²) >= 11 is 0. The smallest absolute Gasteiger partial charge is 0.153 e. The maximum atomic E-state index is 5.57. The molecular weight excluding hydrogens is 214 g/mol. The second-order valence-corrected chi connectivity index (χ2v) is 3.86. The van der Waals surface area contributed by atoms with Gasteiger partial charge in [0.1, 0.15) is 5.69 Å². The van der Waals surface area contributed by atoms with Crippen LogP contribution in [0.4, 0.5) is 0 Å². The first kappa shape index (κ1) is 10.0. The molecule has 0 aromatic carbocycles. The number of fused-ring (bicyclic) bond motifs is 1. The van der Waals surface area contributed by atoms with Crippen molar-refractivity contribution in [3.05, 3.63) is 42.4 Å². The van der Waals surface area contributed by atoms with Crippen molar-refractivity contribution in [3.63, 3.8) is 0 Å². The lowest BCUT2D eigenvalue weighted by Gasteiger charge is -2.01. The average Bonchev–Trinajstić information content (AvgIpc) is 2.98. The van der Waals surface area contributed by atoms with Gasteiger partial charge in [-0.25, -0.2) is 9.50 Å². The number of H-pyrrole nitrogens is 1. The number of aromatic nitrogens is 4. The van der Waals surface area contributed by atoms with E-state index in [0.29, 0.717) is 6.54 Å². The minimum atomic E-state index is 0.599. The van der Waals surface area contributed by atoms with Gasteiger partial charge >= 0.3 is 0 Å². The van der Waals surface area contributed by atoms with Gasteiger partial charge in [0.15, 0.2) is 5.65 Å². The van der Waals surface area contributed by atoms with Crippen LogP contribution in [0.1, 0.15) is 5.69 Å². The number of hydrogen-bond donors (Lipinski definition) is 2. The number of imidazole rings is 1. The lowest BCUT2D eigenvalue weighted by atomic mass is 10.3. The molecule has 0 aliphatic carbocycles. The Labute approximate surface area is 98.3 Å². The molecular formula is C12H13N5. The van der Waals surface area contributed by atoms with Crippen LogP contribution in [0.3, 0.4) is 0 Å². The SMILES string of the molecule is NCCc1cnc2ccc(-c3ccc[nH]3)nn12. The molecule has 5 heteroatoms. The summed E-state index contributed by atoms with van der Waals surface area (Å²) < 4.78 is 1.85. The first-order valence-corrected chi connectivity index (χ1v) is 5.56. The summed E-state index contributed by atoms with van der Waals surface area (Å²) in [6.45, 7) is 0.599. The van der Waals surface area contributed by atoms with Crippen molar-refractivity contribution in [1.29, 1.82) is 0 Å². The Hall–Kier alpha value is -2.14. The number of aromatic amines is 1. The lowest BCUT2D eigenvalue weighted by molar-refractivity contribution is 0.829. The van der Waals surface area contributed by atoms with Crippen LogP contribution in [0, 0.1) is 0 Å². The predicted molar refractivity (Wildman–Crippen MR) is 65.5 cm³/mol. The van der Waals surface area contributed by atoms with Gasteiger partial charge in [-0.15, -0.1) is 0 Å². The molecule has 0 spiro atoms. The highest BCUT2D eigenvalue weighted by Gasteiger charge is 2.06. The van der Waals surface area contributed by atoms with Crippen molar-refractivity contribution in [1.82, 2.24) is 19.6 Å². The average molecular weight is 227 g/mol.